The van der Waals surface area contributed by atoms with Crippen molar-refractivity contribution in [2.24, 2.45) is 0 Å². The molecule has 1 fully saturated rings. The molecule has 5 heteroatoms. The zero-order chi connectivity index (χ0) is 20.3. The molecule has 2 amide bonds. The molecule has 0 radical (unpaired) electrons. The molecule has 1 heterocycles. The number of amides is 2. The first-order chi connectivity index (χ1) is 13.3. The monoisotopic (exact) mass is 380 g/mol. The zero-order valence-corrected chi connectivity index (χ0v) is 17.1. The van der Waals surface area contributed by atoms with Crippen LogP contribution in [0.25, 0.3) is 0 Å². The maximum Gasteiger partial charge on any atom is 0.338 e. The van der Waals surface area contributed by atoms with E-state index in [0.29, 0.717) is 31.8 Å². The smallest absolute Gasteiger partial charge is 0.338 e. The van der Waals surface area contributed by atoms with Crippen LogP contribution >= 0.6 is 0 Å². The van der Waals surface area contributed by atoms with Gasteiger partial charge in [0.15, 0.2) is 0 Å². The Balaban J connectivity index is 1.65. The van der Waals surface area contributed by atoms with Gasteiger partial charge in [-0.05, 0) is 47.7 Å². The summed E-state index contributed by atoms with van der Waals surface area (Å²) in [6, 6.07) is 15.5. The van der Waals surface area contributed by atoms with Gasteiger partial charge in [-0.2, -0.15) is 0 Å². The SMILES string of the molecule is CCOC(=O)c1ccc(N2CCN(Cc3ccc(C(C)(C)C)cc3)C2=O)cc1. The van der Waals surface area contributed by atoms with Gasteiger partial charge in [0.1, 0.15) is 0 Å². The zero-order valence-electron chi connectivity index (χ0n) is 17.1. The standard InChI is InChI=1S/C23H28N2O3/c1-5-28-21(26)18-8-12-20(13-9-18)25-15-14-24(22(25)27)16-17-6-10-19(11-7-17)23(2,3)4/h6-13H,5,14-16H2,1-4H3. The minimum atomic E-state index is -0.345. The number of hydrogen-bond donors (Lipinski definition) is 0. The number of hydrogen-bond acceptors (Lipinski definition) is 3. The normalized spacial score (nSPS) is 14.5. The highest BCUT2D eigenvalue weighted by Gasteiger charge is 2.29. The molecule has 1 aliphatic heterocycles. The molecule has 0 saturated carbocycles. The first kappa shape index (κ1) is 19.9. The van der Waals surface area contributed by atoms with E-state index in [0.717, 1.165) is 11.3 Å². The highest BCUT2D eigenvalue weighted by molar-refractivity contribution is 5.95. The van der Waals surface area contributed by atoms with Gasteiger partial charge in [-0.25, -0.2) is 9.59 Å². The molecule has 1 aliphatic rings. The fraction of sp³-hybridized carbons (Fsp3) is 0.391. The second kappa shape index (κ2) is 8.05. The fourth-order valence-corrected chi connectivity index (χ4v) is 3.29. The molecule has 0 aliphatic carbocycles. The Morgan fingerprint density at radius 3 is 2.21 bits per heavy atom. The molecule has 0 unspecified atom stereocenters. The van der Waals surface area contributed by atoms with Gasteiger partial charge < -0.3 is 9.64 Å². The van der Waals surface area contributed by atoms with E-state index >= 15 is 0 Å². The van der Waals surface area contributed by atoms with Crippen LogP contribution in [0.4, 0.5) is 10.5 Å². The number of rotatable bonds is 5. The van der Waals surface area contributed by atoms with Crippen molar-refractivity contribution in [2.45, 2.75) is 39.7 Å². The number of urea groups is 1. The number of esters is 1. The number of anilines is 1. The second-order valence-electron chi connectivity index (χ2n) is 8.07. The van der Waals surface area contributed by atoms with Gasteiger partial charge in [-0.15, -0.1) is 0 Å². The summed E-state index contributed by atoms with van der Waals surface area (Å²) in [5.74, 6) is -0.345. The van der Waals surface area contributed by atoms with Gasteiger partial charge in [0.2, 0.25) is 0 Å². The maximum atomic E-state index is 12.8. The van der Waals surface area contributed by atoms with Crippen LogP contribution in [0.1, 0.15) is 49.2 Å². The Labute approximate surface area is 166 Å². The molecular formula is C23H28N2O3. The molecule has 3 rings (SSSR count). The largest absolute Gasteiger partial charge is 0.462 e. The molecule has 2 aromatic rings. The van der Waals surface area contributed by atoms with Gasteiger partial charge in [-0.3, -0.25) is 4.90 Å². The quantitative estimate of drug-likeness (QED) is 0.712. The molecule has 0 atom stereocenters. The number of nitrogens with zero attached hydrogens (tertiary/aromatic N) is 2. The summed E-state index contributed by atoms with van der Waals surface area (Å²) in [4.78, 5) is 28.2. The number of carbonyl (C=O) groups excluding carboxylic acids is 2. The van der Waals surface area contributed by atoms with Crippen LogP contribution in [0.2, 0.25) is 0 Å². The number of benzene rings is 2. The lowest BCUT2D eigenvalue weighted by atomic mass is 9.87. The highest BCUT2D eigenvalue weighted by atomic mass is 16.5. The van der Waals surface area contributed by atoms with Crippen LogP contribution in [0.15, 0.2) is 48.5 Å². The summed E-state index contributed by atoms with van der Waals surface area (Å²) < 4.78 is 5.00. The van der Waals surface area contributed by atoms with E-state index in [1.807, 2.05) is 4.90 Å². The van der Waals surface area contributed by atoms with E-state index in [-0.39, 0.29) is 17.4 Å². The average molecular weight is 380 g/mol. The van der Waals surface area contributed by atoms with E-state index in [9.17, 15) is 9.59 Å². The van der Waals surface area contributed by atoms with E-state index in [2.05, 4.69) is 45.0 Å². The van der Waals surface area contributed by atoms with Crippen molar-refractivity contribution in [3.05, 3.63) is 65.2 Å². The van der Waals surface area contributed by atoms with Gasteiger partial charge in [0.25, 0.3) is 0 Å². The average Bonchev–Trinajstić information content (AvgIpc) is 3.02. The molecule has 28 heavy (non-hydrogen) atoms. The summed E-state index contributed by atoms with van der Waals surface area (Å²) in [5, 5.41) is 0. The Morgan fingerprint density at radius 1 is 1.00 bits per heavy atom. The van der Waals surface area contributed by atoms with Crippen molar-refractivity contribution in [2.75, 3.05) is 24.6 Å². The molecular weight excluding hydrogens is 352 g/mol. The summed E-state index contributed by atoms with van der Waals surface area (Å²) in [7, 11) is 0. The number of ether oxygens (including phenoxy) is 1. The van der Waals surface area contributed by atoms with Gasteiger partial charge >= 0.3 is 12.0 Å². The molecule has 0 N–H and O–H groups in total. The van der Waals surface area contributed by atoms with Crippen molar-refractivity contribution in [1.29, 1.82) is 0 Å². The maximum absolute atomic E-state index is 12.8. The summed E-state index contributed by atoms with van der Waals surface area (Å²) in [6.07, 6.45) is 0. The fourth-order valence-electron chi connectivity index (χ4n) is 3.29. The molecule has 0 bridgehead atoms. The van der Waals surface area contributed by atoms with Crippen molar-refractivity contribution < 1.29 is 14.3 Å². The molecule has 0 spiro atoms. The first-order valence-corrected chi connectivity index (χ1v) is 9.72. The van der Waals surface area contributed by atoms with Gasteiger partial charge in [0, 0.05) is 25.3 Å². The van der Waals surface area contributed by atoms with E-state index in [4.69, 9.17) is 4.74 Å². The Kier molecular flexibility index (Phi) is 5.73. The lowest BCUT2D eigenvalue weighted by Gasteiger charge is -2.21. The third kappa shape index (κ3) is 4.35. The lowest BCUT2D eigenvalue weighted by Crippen LogP contribution is -2.31. The van der Waals surface area contributed by atoms with Gasteiger partial charge in [0.05, 0.1) is 12.2 Å². The van der Waals surface area contributed by atoms with E-state index < -0.39 is 0 Å². The summed E-state index contributed by atoms with van der Waals surface area (Å²) in [6.45, 7) is 10.6. The minimum absolute atomic E-state index is 0.0104. The first-order valence-electron chi connectivity index (χ1n) is 9.72. The summed E-state index contributed by atoms with van der Waals surface area (Å²) >= 11 is 0. The van der Waals surface area contributed by atoms with Crippen LogP contribution in [0.3, 0.4) is 0 Å². The van der Waals surface area contributed by atoms with Crippen molar-refractivity contribution in [1.82, 2.24) is 4.90 Å². The third-order valence-electron chi connectivity index (χ3n) is 4.98. The highest BCUT2D eigenvalue weighted by Crippen LogP contribution is 2.25. The van der Waals surface area contributed by atoms with Crippen molar-refractivity contribution in [3.63, 3.8) is 0 Å². The van der Waals surface area contributed by atoms with E-state index in [1.165, 1.54) is 5.56 Å². The predicted octanol–water partition coefficient (Wildman–Crippen LogP) is 4.60. The van der Waals surface area contributed by atoms with E-state index in [1.54, 1.807) is 36.1 Å². The van der Waals surface area contributed by atoms with Crippen LogP contribution in [0, 0.1) is 0 Å². The van der Waals surface area contributed by atoms with Crippen LogP contribution in [0.5, 0.6) is 0 Å². The van der Waals surface area contributed by atoms with Crippen LogP contribution in [-0.4, -0.2) is 36.6 Å². The predicted molar refractivity (Wildman–Crippen MR) is 111 cm³/mol. The lowest BCUT2D eigenvalue weighted by molar-refractivity contribution is 0.0526. The topological polar surface area (TPSA) is 49.9 Å². The molecule has 148 valence electrons. The molecule has 5 nitrogen and oxygen atoms in total. The molecule has 2 aromatic carbocycles. The third-order valence-corrected chi connectivity index (χ3v) is 4.98. The summed E-state index contributed by atoms with van der Waals surface area (Å²) in [5.41, 5.74) is 3.82. The van der Waals surface area contributed by atoms with Crippen LogP contribution in [-0.2, 0) is 16.7 Å². The Hall–Kier alpha value is -2.82. The molecule has 1 saturated heterocycles. The Bertz CT molecular complexity index is 836. The van der Waals surface area contributed by atoms with Crippen LogP contribution < -0.4 is 4.90 Å². The van der Waals surface area contributed by atoms with Crippen molar-refractivity contribution in [3.8, 4) is 0 Å². The Morgan fingerprint density at radius 2 is 1.64 bits per heavy atom. The van der Waals surface area contributed by atoms with Gasteiger partial charge in [-0.1, -0.05) is 45.0 Å². The molecule has 0 aromatic heterocycles. The van der Waals surface area contributed by atoms with Crippen molar-refractivity contribution >= 4 is 17.7 Å². The minimum Gasteiger partial charge on any atom is -0.462 e. The number of carbonyl (C=O) groups is 2. The second-order valence-corrected chi connectivity index (χ2v) is 8.07.